The van der Waals surface area contributed by atoms with Crippen molar-refractivity contribution in [1.29, 1.82) is 0 Å². The third-order valence-electron chi connectivity index (χ3n) is 3.38. The fourth-order valence-electron chi connectivity index (χ4n) is 2.16. The Labute approximate surface area is 97.9 Å². The van der Waals surface area contributed by atoms with Gasteiger partial charge in [0.25, 0.3) is 0 Å². The molecule has 0 spiro atoms. The third-order valence-corrected chi connectivity index (χ3v) is 3.38. The average molecular weight is 233 g/mol. The molecule has 0 unspecified atom stereocenters. The van der Waals surface area contributed by atoms with Gasteiger partial charge in [-0.3, -0.25) is 4.90 Å². The van der Waals surface area contributed by atoms with E-state index < -0.39 is 12.6 Å². The Morgan fingerprint density at radius 2 is 1.94 bits per heavy atom. The summed E-state index contributed by atoms with van der Waals surface area (Å²) in [4.78, 5) is 1.71. The molecule has 4 heteroatoms. The molecule has 0 atom stereocenters. The fourth-order valence-corrected chi connectivity index (χ4v) is 2.16. The number of hydrogen-bond acceptors (Lipinski definition) is 3. The maximum atomic E-state index is 12.4. The van der Waals surface area contributed by atoms with Crippen molar-refractivity contribution in [2.24, 2.45) is 0 Å². The smallest absolute Gasteiger partial charge is 0.167 e. The SMILES string of the molecule is CCN(CF)CCOC1(OC)CCCCC1. The van der Waals surface area contributed by atoms with E-state index in [1.54, 1.807) is 12.0 Å². The molecule has 96 valence electrons. The second-order valence-corrected chi connectivity index (χ2v) is 4.35. The Morgan fingerprint density at radius 3 is 2.44 bits per heavy atom. The molecule has 0 aromatic rings. The summed E-state index contributed by atoms with van der Waals surface area (Å²) in [5.74, 6) is -0.395. The first-order valence-corrected chi connectivity index (χ1v) is 6.24. The standard InChI is InChI=1S/C12H24FNO2/c1-3-14(11-13)9-10-16-12(15-2)7-5-4-6-8-12/h3-11H2,1-2H3. The van der Waals surface area contributed by atoms with E-state index in [1.807, 2.05) is 6.92 Å². The third kappa shape index (κ3) is 4.00. The molecule has 0 bridgehead atoms. The van der Waals surface area contributed by atoms with E-state index in [-0.39, 0.29) is 0 Å². The Hall–Kier alpha value is -0.190. The van der Waals surface area contributed by atoms with E-state index in [9.17, 15) is 4.39 Å². The van der Waals surface area contributed by atoms with Crippen LogP contribution in [0.4, 0.5) is 4.39 Å². The molecule has 0 radical (unpaired) electrons. The summed E-state index contributed by atoms with van der Waals surface area (Å²) < 4.78 is 23.8. The van der Waals surface area contributed by atoms with Crippen molar-refractivity contribution < 1.29 is 13.9 Å². The summed E-state index contributed by atoms with van der Waals surface area (Å²) >= 11 is 0. The Kier molecular flexibility index (Phi) is 6.24. The number of halogens is 1. The van der Waals surface area contributed by atoms with Crippen molar-refractivity contribution in [3.63, 3.8) is 0 Å². The highest BCUT2D eigenvalue weighted by atomic mass is 19.1. The van der Waals surface area contributed by atoms with Crippen LogP contribution in [0.15, 0.2) is 0 Å². The summed E-state index contributed by atoms with van der Waals surface area (Å²) in [7, 11) is 1.71. The van der Waals surface area contributed by atoms with Gasteiger partial charge in [-0.05, 0) is 19.4 Å². The van der Waals surface area contributed by atoms with Crippen LogP contribution in [0.5, 0.6) is 0 Å². The predicted molar refractivity (Wildman–Crippen MR) is 62.0 cm³/mol. The molecule has 0 amide bonds. The van der Waals surface area contributed by atoms with Crippen molar-refractivity contribution in [3.8, 4) is 0 Å². The minimum Gasteiger partial charge on any atom is -0.353 e. The highest BCUT2D eigenvalue weighted by molar-refractivity contribution is 4.75. The van der Waals surface area contributed by atoms with Crippen LogP contribution >= 0.6 is 0 Å². The quantitative estimate of drug-likeness (QED) is 0.498. The molecule has 0 heterocycles. The van der Waals surface area contributed by atoms with Gasteiger partial charge in [0, 0.05) is 26.5 Å². The molecule has 0 N–H and O–H groups in total. The van der Waals surface area contributed by atoms with Gasteiger partial charge >= 0.3 is 0 Å². The summed E-state index contributed by atoms with van der Waals surface area (Å²) in [6.45, 7) is 3.45. The summed E-state index contributed by atoms with van der Waals surface area (Å²) in [5, 5.41) is 0. The van der Waals surface area contributed by atoms with Crippen LogP contribution in [0.25, 0.3) is 0 Å². The first-order valence-electron chi connectivity index (χ1n) is 6.24. The van der Waals surface area contributed by atoms with Gasteiger partial charge in [0.15, 0.2) is 5.79 Å². The second-order valence-electron chi connectivity index (χ2n) is 4.35. The largest absolute Gasteiger partial charge is 0.353 e. The maximum Gasteiger partial charge on any atom is 0.167 e. The number of alkyl halides is 1. The monoisotopic (exact) mass is 233 g/mol. The highest BCUT2D eigenvalue weighted by Crippen LogP contribution is 2.31. The highest BCUT2D eigenvalue weighted by Gasteiger charge is 2.32. The molecule has 0 saturated heterocycles. The second kappa shape index (κ2) is 7.20. The molecular weight excluding hydrogens is 209 g/mol. The summed E-state index contributed by atoms with van der Waals surface area (Å²) in [6, 6.07) is 0. The molecule has 1 rings (SSSR count). The van der Waals surface area contributed by atoms with Crippen LogP contribution in [0.3, 0.4) is 0 Å². The number of methoxy groups -OCH3 is 1. The lowest BCUT2D eigenvalue weighted by molar-refractivity contribution is -0.239. The van der Waals surface area contributed by atoms with Crippen LogP contribution in [-0.4, -0.2) is 44.3 Å². The minimum atomic E-state index is -0.403. The molecular formula is C12H24FNO2. The van der Waals surface area contributed by atoms with Crippen molar-refractivity contribution in [2.45, 2.75) is 44.8 Å². The average Bonchev–Trinajstić information content (AvgIpc) is 2.36. The first kappa shape index (κ1) is 13.9. The van der Waals surface area contributed by atoms with Crippen LogP contribution in [0.1, 0.15) is 39.0 Å². The van der Waals surface area contributed by atoms with Gasteiger partial charge in [0.05, 0.1) is 6.61 Å². The normalized spacial score (nSPS) is 20.2. The molecule has 0 aromatic carbocycles. The van der Waals surface area contributed by atoms with E-state index >= 15 is 0 Å². The molecule has 1 fully saturated rings. The lowest BCUT2D eigenvalue weighted by Gasteiger charge is -2.36. The van der Waals surface area contributed by atoms with Crippen molar-refractivity contribution in [3.05, 3.63) is 0 Å². The zero-order valence-electron chi connectivity index (χ0n) is 10.5. The van der Waals surface area contributed by atoms with Gasteiger partial charge < -0.3 is 9.47 Å². The van der Waals surface area contributed by atoms with Crippen molar-refractivity contribution in [1.82, 2.24) is 4.90 Å². The van der Waals surface area contributed by atoms with Crippen molar-refractivity contribution in [2.75, 3.05) is 33.6 Å². The van der Waals surface area contributed by atoms with E-state index in [0.29, 0.717) is 13.2 Å². The Bertz CT molecular complexity index is 180. The lowest BCUT2D eigenvalue weighted by Crippen LogP contribution is -2.39. The number of likely N-dealkylation sites (N-methyl/N-ethyl adjacent to an activating group) is 1. The fraction of sp³-hybridized carbons (Fsp3) is 1.00. The van der Waals surface area contributed by atoms with Crippen LogP contribution in [-0.2, 0) is 9.47 Å². The summed E-state index contributed by atoms with van der Waals surface area (Å²) in [5.41, 5.74) is 0. The Morgan fingerprint density at radius 1 is 1.25 bits per heavy atom. The van der Waals surface area contributed by atoms with E-state index in [0.717, 1.165) is 32.2 Å². The van der Waals surface area contributed by atoms with E-state index in [4.69, 9.17) is 9.47 Å². The number of nitrogens with zero attached hydrogens (tertiary/aromatic N) is 1. The van der Waals surface area contributed by atoms with Gasteiger partial charge in [0.1, 0.15) is 6.80 Å². The van der Waals surface area contributed by atoms with E-state index in [1.165, 1.54) is 6.42 Å². The Balaban J connectivity index is 2.27. The van der Waals surface area contributed by atoms with Crippen LogP contribution in [0, 0.1) is 0 Å². The van der Waals surface area contributed by atoms with Crippen LogP contribution < -0.4 is 0 Å². The van der Waals surface area contributed by atoms with Gasteiger partial charge in [-0.2, -0.15) is 0 Å². The van der Waals surface area contributed by atoms with Gasteiger partial charge in [-0.25, -0.2) is 4.39 Å². The number of rotatable bonds is 7. The van der Waals surface area contributed by atoms with Crippen molar-refractivity contribution >= 4 is 0 Å². The lowest BCUT2D eigenvalue weighted by atomic mass is 9.94. The van der Waals surface area contributed by atoms with Gasteiger partial charge in [-0.1, -0.05) is 13.3 Å². The topological polar surface area (TPSA) is 21.7 Å². The summed E-state index contributed by atoms with van der Waals surface area (Å²) in [6.07, 6.45) is 5.51. The van der Waals surface area contributed by atoms with Gasteiger partial charge in [-0.15, -0.1) is 0 Å². The minimum absolute atomic E-state index is 0.395. The molecule has 3 nitrogen and oxygen atoms in total. The number of ether oxygens (including phenoxy) is 2. The molecule has 1 aliphatic carbocycles. The molecule has 1 saturated carbocycles. The van der Waals surface area contributed by atoms with Crippen LogP contribution in [0.2, 0.25) is 0 Å². The maximum absolute atomic E-state index is 12.4. The molecule has 0 aromatic heterocycles. The molecule has 16 heavy (non-hydrogen) atoms. The molecule has 1 aliphatic rings. The van der Waals surface area contributed by atoms with E-state index in [2.05, 4.69) is 0 Å². The number of hydrogen-bond donors (Lipinski definition) is 0. The first-order chi connectivity index (χ1) is 7.76. The predicted octanol–water partition coefficient (Wildman–Crippen LogP) is 2.56. The zero-order valence-corrected chi connectivity index (χ0v) is 10.5. The zero-order chi connectivity index (χ0) is 11.9. The van der Waals surface area contributed by atoms with Gasteiger partial charge in [0.2, 0.25) is 0 Å². The molecule has 0 aliphatic heterocycles.